The highest BCUT2D eigenvalue weighted by molar-refractivity contribution is 5.75. The van der Waals surface area contributed by atoms with Crippen molar-refractivity contribution in [3.8, 4) is 0 Å². The zero-order chi connectivity index (χ0) is 15.5. The number of aliphatic hydroxyl groups is 1. The topological polar surface area (TPSA) is 71.2 Å². The van der Waals surface area contributed by atoms with Crippen LogP contribution in [-0.2, 0) is 0 Å². The number of benzene rings is 1. The first-order valence-corrected chi connectivity index (χ1v) is 6.70. The summed E-state index contributed by atoms with van der Waals surface area (Å²) in [4.78, 5) is 8.26. The molecule has 114 valence electrons. The third kappa shape index (κ3) is 2.89. The number of halogens is 2. The summed E-state index contributed by atoms with van der Waals surface area (Å²) >= 11 is 0. The molecule has 0 aliphatic rings. The maximum Gasteiger partial charge on any atom is 0.161 e. The number of nitrogens with zero attached hydrogens (tertiary/aromatic N) is 2. The normalized spacial score (nSPS) is 12.5. The van der Waals surface area contributed by atoms with Crippen molar-refractivity contribution < 1.29 is 18.3 Å². The van der Waals surface area contributed by atoms with E-state index in [-0.39, 0.29) is 23.7 Å². The first kappa shape index (κ1) is 14.4. The van der Waals surface area contributed by atoms with Crippen LogP contribution in [0.5, 0.6) is 0 Å². The van der Waals surface area contributed by atoms with Crippen molar-refractivity contribution in [2.45, 2.75) is 12.5 Å². The third-order valence-electron chi connectivity index (χ3n) is 3.21. The van der Waals surface area contributed by atoms with Crippen LogP contribution in [0.2, 0.25) is 0 Å². The molecule has 0 fully saturated rings. The Hall–Kier alpha value is -2.54. The SMILES string of the molecule is OCCC(Nc1cnc2cc(F)c(F)cc2n1)c1ccco1. The standard InChI is InChI=1S/C15H13F2N3O2/c16-9-6-12-13(7-10(9)17)20-15(8-18-12)19-11(3-4-21)14-2-1-5-22-14/h1-2,5-8,11,21H,3-4H2,(H,19,20). The van der Waals surface area contributed by atoms with Crippen LogP contribution in [0.25, 0.3) is 11.0 Å². The maximum atomic E-state index is 13.3. The van der Waals surface area contributed by atoms with E-state index < -0.39 is 11.6 Å². The van der Waals surface area contributed by atoms with Gasteiger partial charge in [-0.05, 0) is 18.6 Å². The Bertz CT molecular complexity index is 778. The van der Waals surface area contributed by atoms with Gasteiger partial charge in [0.25, 0.3) is 0 Å². The Morgan fingerprint density at radius 1 is 1.23 bits per heavy atom. The fraction of sp³-hybridized carbons (Fsp3) is 0.200. The zero-order valence-electron chi connectivity index (χ0n) is 11.5. The van der Waals surface area contributed by atoms with E-state index in [1.54, 1.807) is 12.1 Å². The van der Waals surface area contributed by atoms with Gasteiger partial charge in [0, 0.05) is 18.7 Å². The first-order chi connectivity index (χ1) is 10.7. The number of nitrogens with one attached hydrogen (secondary N) is 1. The molecule has 1 atom stereocenters. The smallest absolute Gasteiger partial charge is 0.161 e. The average molecular weight is 305 g/mol. The number of rotatable bonds is 5. The van der Waals surface area contributed by atoms with Crippen molar-refractivity contribution in [2.75, 3.05) is 11.9 Å². The second-order valence-corrected chi connectivity index (χ2v) is 4.73. The van der Waals surface area contributed by atoms with Crippen molar-refractivity contribution in [2.24, 2.45) is 0 Å². The Kier molecular flexibility index (Phi) is 3.97. The van der Waals surface area contributed by atoms with Gasteiger partial charge in [-0.3, -0.25) is 4.98 Å². The Morgan fingerprint density at radius 2 is 2.00 bits per heavy atom. The number of furan rings is 1. The van der Waals surface area contributed by atoms with Crippen LogP contribution >= 0.6 is 0 Å². The lowest BCUT2D eigenvalue weighted by Crippen LogP contribution is -2.13. The van der Waals surface area contributed by atoms with E-state index in [4.69, 9.17) is 9.52 Å². The van der Waals surface area contributed by atoms with Crippen LogP contribution in [0.3, 0.4) is 0 Å². The van der Waals surface area contributed by atoms with E-state index in [0.29, 0.717) is 18.0 Å². The molecule has 0 radical (unpaired) electrons. The van der Waals surface area contributed by atoms with Crippen molar-refractivity contribution in [1.29, 1.82) is 0 Å². The Labute approximate surface area is 124 Å². The molecule has 2 N–H and O–H groups in total. The van der Waals surface area contributed by atoms with E-state index in [1.165, 1.54) is 12.5 Å². The number of hydrogen-bond acceptors (Lipinski definition) is 5. The average Bonchev–Trinajstić information content (AvgIpc) is 3.02. The van der Waals surface area contributed by atoms with Crippen molar-refractivity contribution in [3.63, 3.8) is 0 Å². The minimum Gasteiger partial charge on any atom is -0.467 e. The Balaban J connectivity index is 1.90. The van der Waals surface area contributed by atoms with Crippen LogP contribution in [0.1, 0.15) is 18.2 Å². The molecule has 22 heavy (non-hydrogen) atoms. The van der Waals surface area contributed by atoms with Gasteiger partial charge in [0.1, 0.15) is 11.6 Å². The van der Waals surface area contributed by atoms with Gasteiger partial charge in [-0.15, -0.1) is 0 Å². The predicted molar refractivity (Wildman–Crippen MR) is 76.2 cm³/mol. The highest BCUT2D eigenvalue weighted by atomic mass is 19.2. The molecular formula is C15H13F2N3O2. The van der Waals surface area contributed by atoms with Crippen molar-refractivity contribution in [3.05, 3.63) is 54.1 Å². The predicted octanol–water partition coefficient (Wildman–Crippen LogP) is 3.04. The van der Waals surface area contributed by atoms with E-state index in [9.17, 15) is 8.78 Å². The quantitative estimate of drug-likeness (QED) is 0.758. The summed E-state index contributed by atoms with van der Waals surface area (Å²) in [5.41, 5.74) is 0.507. The summed E-state index contributed by atoms with van der Waals surface area (Å²) in [6.45, 7) is -0.0424. The summed E-state index contributed by atoms with van der Waals surface area (Å²) in [6.07, 6.45) is 3.36. The largest absolute Gasteiger partial charge is 0.467 e. The lowest BCUT2D eigenvalue weighted by molar-refractivity contribution is 0.273. The van der Waals surface area contributed by atoms with E-state index in [0.717, 1.165) is 12.1 Å². The highest BCUT2D eigenvalue weighted by Crippen LogP contribution is 2.23. The van der Waals surface area contributed by atoms with Gasteiger partial charge < -0.3 is 14.8 Å². The molecule has 0 saturated carbocycles. The lowest BCUT2D eigenvalue weighted by Gasteiger charge is -2.16. The van der Waals surface area contributed by atoms with Gasteiger partial charge in [0.2, 0.25) is 0 Å². The number of aliphatic hydroxyl groups excluding tert-OH is 1. The summed E-state index contributed by atoms with van der Waals surface area (Å²) in [6, 6.07) is 5.22. The molecule has 5 nitrogen and oxygen atoms in total. The molecule has 1 aromatic carbocycles. The minimum absolute atomic E-state index is 0.0424. The fourth-order valence-corrected chi connectivity index (χ4v) is 2.16. The molecule has 7 heteroatoms. The van der Waals surface area contributed by atoms with Gasteiger partial charge in [0.05, 0.1) is 29.5 Å². The second kappa shape index (κ2) is 6.07. The highest BCUT2D eigenvalue weighted by Gasteiger charge is 2.15. The molecular weight excluding hydrogens is 292 g/mol. The molecule has 0 spiro atoms. The third-order valence-corrected chi connectivity index (χ3v) is 3.21. The minimum atomic E-state index is -0.975. The van der Waals surface area contributed by atoms with Crippen molar-refractivity contribution in [1.82, 2.24) is 9.97 Å². The summed E-state index contributed by atoms with van der Waals surface area (Å²) in [5.74, 6) is -0.914. The lowest BCUT2D eigenvalue weighted by atomic mass is 10.1. The molecule has 0 saturated heterocycles. The molecule has 3 rings (SSSR count). The molecule has 0 amide bonds. The van der Waals surface area contributed by atoms with Crippen LogP contribution in [-0.4, -0.2) is 21.7 Å². The molecule has 3 aromatic rings. The molecule has 0 bridgehead atoms. The monoisotopic (exact) mass is 305 g/mol. The first-order valence-electron chi connectivity index (χ1n) is 6.70. The molecule has 1 unspecified atom stereocenters. The van der Waals surface area contributed by atoms with Gasteiger partial charge >= 0.3 is 0 Å². The second-order valence-electron chi connectivity index (χ2n) is 4.73. The van der Waals surface area contributed by atoms with E-state index in [1.807, 2.05) is 0 Å². The number of anilines is 1. The number of hydrogen-bond donors (Lipinski definition) is 2. The van der Waals surface area contributed by atoms with Crippen molar-refractivity contribution >= 4 is 16.9 Å². The van der Waals surface area contributed by atoms with E-state index in [2.05, 4.69) is 15.3 Å². The Morgan fingerprint density at radius 3 is 2.68 bits per heavy atom. The summed E-state index contributed by atoms with van der Waals surface area (Å²) in [7, 11) is 0. The van der Waals surface area contributed by atoms with Crippen LogP contribution in [0, 0.1) is 11.6 Å². The molecule has 2 heterocycles. The molecule has 0 aliphatic heterocycles. The molecule has 2 aromatic heterocycles. The molecule has 0 aliphatic carbocycles. The maximum absolute atomic E-state index is 13.3. The summed E-state index contributed by atoms with van der Waals surface area (Å²) in [5, 5.41) is 12.2. The zero-order valence-corrected chi connectivity index (χ0v) is 11.5. The van der Waals surface area contributed by atoms with Gasteiger partial charge in [-0.1, -0.05) is 0 Å². The summed E-state index contributed by atoms with van der Waals surface area (Å²) < 4.78 is 31.7. The van der Waals surface area contributed by atoms with Gasteiger partial charge in [-0.25, -0.2) is 13.8 Å². The number of fused-ring (bicyclic) bond motifs is 1. The fourth-order valence-electron chi connectivity index (χ4n) is 2.16. The number of aromatic nitrogens is 2. The van der Waals surface area contributed by atoms with Gasteiger partial charge in [-0.2, -0.15) is 0 Å². The van der Waals surface area contributed by atoms with Crippen LogP contribution < -0.4 is 5.32 Å². The van der Waals surface area contributed by atoms with Crippen LogP contribution in [0.4, 0.5) is 14.6 Å². The van der Waals surface area contributed by atoms with E-state index >= 15 is 0 Å². The van der Waals surface area contributed by atoms with Gasteiger partial charge in [0.15, 0.2) is 11.6 Å². The van der Waals surface area contributed by atoms with Crippen LogP contribution in [0.15, 0.2) is 41.1 Å².